The predicted molar refractivity (Wildman–Crippen MR) is 142 cm³/mol. The summed E-state index contributed by atoms with van der Waals surface area (Å²) in [6, 6.07) is 23.0. The van der Waals surface area contributed by atoms with Gasteiger partial charge in [0.2, 0.25) is 0 Å². The van der Waals surface area contributed by atoms with Crippen molar-refractivity contribution in [2.75, 3.05) is 13.7 Å². The molecule has 1 aliphatic rings. The van der Waals surface area contributed by atoms with Gasteiger partial charge in [-0.2, -0.15) is 0 Å². The van der Waals surface area contributed by atoms with Crippen LogP contribution in [0.4, 0.5) is 0 Å². The predicted octanol–water partition coefficient (Wildman–Crippen LogP) is 3.65. The lowest BCUT2D eigenvalue weighted by Crippen LogP contribution is -2.39. The standard InChI is InChI=1S/C29H24N2O5S/c1-3-36-28(34)24-25(19-10-6-4-7-11-19)30-29-31(26(24)20-12-8-5-9-13-20)27(33)23(37-29)17-18-14-15-21(32)22(16-18)35-2/h4-17,26,32H,3H2,1-2H3/b23-17-/t26-/m1/s1. The van der Waals surface area contributed by atoms with Crippen molar-refractivity contribution in [2.24, 2.45) is 4.99 Å². The van der Waals surface area contributed by atoms with E-state index in [0.29, 0.717) is 31.9 Å². The van der Waals surface area contributed by atoms with Crippen molar-refractivity contribution in [3.05, 3.63) is 121 Å². The number of fused-ring (bicyclic) bond motifs is 1. The summed E-state index contributed by atoms with van der Waals surface area (Å²) in [7, 11) is 1.47. The average Bonchev–Trinajstić information content (AvgIpc) is 3.24. The number of hydrogen-bond donors (Lipinski definition) is 1. The molecule has 186 valence electrons. The number of hydrogen-bond acceptors (Lipinski definition) is 7. The van der Waals surface area contributed by atoms with Crippen LogP contribution in [0, 0.1) is 0 Å². The zero-order valence-electron chi connectivity index (χ0n) is 20.3. The van der Waals surface area contributed by atoms with E-state index in [0.717, 1.165) is 11.1 Å². The molecular weight excluding hydrogens is 488 g/mol. The number of rotatable bonds is 6. The van der Waals surface area contributed by atoms with Gasteiger partial charge in [0.1, 0.15) is 0 Å². The Morgan fingerprint density at radius 1 is 1.08 bits per heavy atom. The molecule has 0 amide bonds. The molecule has 4 aromatic rings. The fourth-order valence-electron chi connectivity index (χ4n) is 4.33. The molecule has 5 rings (SSSR count). The van der Waals surface area contributed by atoms with Gasteiger partial charge in [0.15, 0.2) is 16.3 Å². The van der Waals surface area contributed by atoms with Crippen LogP contribution in [0.25, 0.3) is 11.8 Å². The lowest BCUT2D eigenvalue weighted by molar-refractivity contribution is -0.138. The number of aromatic hydroxyl groups is 1. The topological polar surface area (TPSA) is 90.1 Å². The first kappa shape index (κ1) is 24.3. The molecule has 3 aromatic carbocycles. The van der Waals surface area contributed by atoms with Gasteiger partial charge in [0.25, 0.3) is 5.56 Å². The van der Waals surface area contributed by atoms with E-state index in [9.17, 15) is 14.7 Å². The summed E-state index contributed by atoms with van der Waals surface area (Å²) in [6.07, 6.45) is 1.73. The Bertz CT molecular complexity index is 1670. The highest BCUT2D eigenvalue weighted by molar-refractivity contribution is 7.07. The van der Waals surface area contributed by atoms with Crippen LogP contribution < -0.4 is 19.6 Å². The smallest absolute Gasteiger partial charge is 0.338 e. The molecule has 0 saturated carbocycles. The van der Waals surface area contributed by atoms with Crippen LogP contribution in [0.1, 0.15) is 29.7 Å². The van der Waals surface area contributed by atoms with Crippen molar-refractivity contribution in [3.8, 4) is 11.5 Å². The molecule has 0 aliphatic carbocycles. The second-order valence-corrected chi connectivity index (χ2v) is 9.28. The Kier molecular flexibility index (Phi) is 6.74. The zero-order chi connectivity index (χ0) is 25.9. The molecule has 0 unspecified atom stereocenters. The fraction of sp³-hybridized carbons (Fsp3) is 0.138. The van der Waals surface area contributed by atoms with Gasteiger partial charge in [-0.1, -0.05) is 78.1 Å². The molecular formula is C29H24N2O5S. The van der Waals surface area contributed by atoms with Gasteiger partial charge in [-0.05, 0) is 36.3 Å². The third-order valence-electron chi connectivity index (χ3n) is 5.99. The van der Waals surface area contributed by atoms with Gasteiger partial charge in [0.05, 0.1) is 35.6 Å². The highest BCUT2D eigenvalue weighted by Gasteiger charge is 2.35. The number of aromatic nitrogens is 1. The molecule has 1 atom stereocenters. The minimum absolute atomic E-state index is 0.0109. The van der Waals surface area contributed by atoms with Crippen molar-refractivity contribution in [1.82, 2.24) is 4.57 Å². The van der Waals surface area contributed by atoms with Gasteiger partial charge >= 0.3 is 5.97 Å². The normalized spacial score (nSPS) is 15.2. The maximum absolute atomic E-state index is 13.8. The van der Waals surface area contributed by atoms with Gasteiger partial charge in [-0.15, -0.1) is 0 Å². The Hall–Kier alpha value is -4.43. The van der Waals surface area contributed by atoms with Gasteiger partial charge in [-0.3, -0.25) is 9.36 Å². The van der Waals surface area contributed by atoms with Gasteiger partial charge in [0, 0.05) is 5.56 Å². The second-order valence-electron chi connectivity index (χ2n) is 8.27. The number of nitrogens with zero attached hydrogens (tertiary/aromatic N) is 2. The van der Waals surface area contributed by atoms with Crippen molar-refractivity contribution in [1.29, 1.82) is 0 Å². The largest absolute Gasteiger partial charge is 0.504 e. The summed E-state index contributed by atoms with van der Waals surface area (Å²) in [5, 5.41) is 9.94. The maximum atomic E-state index is 13.8. The molecule has 1 aromatic heterocycles. The number of phenols is 1. The van der Waals surface area contributed by atoms with E-state index in [1.54, 1.807) is 29.7 Å². The van der Waals surface area contributed by atoms with Crippen LogP contribution in [0.2, 0.25) is 0 Å². The summed E-state index contributed by atoms with van der Waals surface area (Å²) in [4.78, 5) is 32.5. The molecule has 8 heteroatoms. The third kappa shape index (κ3) is 4.59. The number of carbonyl (C=O) groups is 1. The van der Waals surface area contributed by atoms with Gasteiger partial charge in [-0.25, -0.2) is 9.79 Å². The van der Waals surface area contributed by atoms with E-state index >= 15 is 0 Å². The Morgan fingerprint density at radius 3 is 2.46 bits per heavy atom. The molecule has 0 fully saturated rings. The van der Waals surface area contributed by atoms with Crippen molar-refractivity contribution in [2.45, 2.75) is 13.0 Å². The molecule has 0 saturated heterocycles. The lowest BCUT2D eigenvalue weighted by Gasteiger charge is -2.25. The van der Waals surface area contributed by atoms with Gasteiger partial charge < -0.3 is 14.6 Å². The van der Waals surface area contributed by atoms with Crippen LogP contribution in [0.15, 0.2) is 94.2 Å². The third-order valence-corrected chi connectivity index (χ3v) is 6.97. The number of benzene rings is 3. The average molecular weight is 513 g/mol. The number of phenolic OH excluding ortho intramolecular Hbond substituents is 1. The van der Waals surface area contributed by atoms with Crippen LogP contribution in [0.5, 0.6) is 11.5 Å². The van der Waals surface area contributed by atoms with E-state index in [-0.39, 0.29) is 17.9 Å². The van der Waals surface area contributed by atoms with E-state index in [2.05, 4.69) is 0 Å². The molecule has 1 aliphatic heterocycles. The molecule has 37 heavy (non-hydrogen) atoms. The number of carbonyl (C=O) groups excluding carboxylic acids is 1. The SMILES string of the molecule is CCOC(=O)C1=C(c2ccccc2)N=c2s/c(=C\c3ccc(O)c(OC)c3)c(=O)n2[C@@H]1c1ccccc1. The zero-order valence-corrected chi connectivity index (χ0v) is 21.1. The van der Waals surface area contributed by atoms with E-state index in [4.69, 9.17) is 14.5 Å². The quantitative estimate of drug-likeness (QED) is 0.399. The minimum Gasteiger partial charge on any atom is -0.504 e. The van der Waals surface area contributed by atoms with Crippen molar-refractivity contribution >= 4 is 29.1 Å². The van der Waals surface area contributed by atoms with Crippen LogP contribution in [0.3, 0.4) is 0 Å². The van der Waals surface area contributed by atoms with Crippen LogP contribution in [-0.2, 0) is 9.53 Å². The Balaban J connectivity index is 1.81. The monoisotopic (exact) mass is 512 g/mol. The van der Waals surface area contributed by atoms with E-state index in [1.807, 2.05) is 60.7 Å². The van der Waals surface area contributed by atoms with Crippen molar-refractivity contribution in [3.63, 3.8) is 0 Å². The summed E-state index contributed by atoms with van der Waals surface area (Å²) in [5.74, 6) is -0.201. The molecule has 0 radical (unpaired) electrons. The summed E-state index contributed by atoms with van der Waals surface area (Å²) < 4.78 is 12.7. The number of ether oxygens (including phenoxy) is 2. The highest BCUT2D eigenvalue weighted by Crippen LogP contribution is 2.35. The van der Waals surface area contributed by atoms with E-state index < -0.39 is 12.0 Å². The fourth-order valence-corrected chi connectivity index (χ4v) is 5.33. The molecule has 0 bridgehead atoms. The van der Waals surface area contributed by atoms with Crippen LogP contribution >= 0.6 is 11.3 Å². The van der Waals surface area contributed by atoms with Crippen LogP contribution in [-0.4, -0.2) is 29.4 Å². The Morgan fingerprint density at radius 2 is 1.78 bits per heavy atom. The summed E-state index contributed by atoms with van der Waals surface area (Å²) >= 11 is 1.24. The molecule has 1 N–H and O–H groups in total. The first-order chi connectivity index (χ1) is 18.0. The maximum Gasteiger partial charge on any atom is 0.338 e. The first-order valence-corrected chi connectivity index (χ1v) is 12.5. The van der Waals surface area contributed by atoms with Crippen molar-refractivity contribution < 1.29 is 19.4 Å². The first-order valence-electron chi connectivity index (χ1n) is 11.7. The number of methoxy groups -OCH3 is 1. The summed E-state index contributed by atoms with van der Waals surface area (Å²) in [6.45, 7) is 1.94. The summed E-state index contributed by atoms with van der Waals surface area (Å²) in [5.41, 5.74) is 2.72. The molecule has 7 nitrogen and oxygen atoms in total. The highest BCUT2D eigenvalue weighted by atomic mass is 32.1. The lowest BCUT2D eigenvalue weighted by atomic mass is 9.93. The number of esters is 1. The van der Waals surface area contributed by atoms with E-state index in [1.165, 1.54) is 24.5 Å². The second kappa shape index (κ2) is 10.3. The number of thiazole rings is 1. The molecule has 2 heterocycles. The minimum atomic E-state index is -0.719. The Labute approximate surface area is 216 Å². The molecule has 0 spiro atoms.